The maximum absolute atomic E-state index is 10.5. The molecule has 0 aliphatic carbocycles. The zero-order chi connectivity index (χ0) is 14.9. The van der Waals surface area contributed by atoms with Crippen molar-refractivity contribution in [2.24, 2.45) is 0 Å². The molecule has 1 aromatic rings. The van der Waals surface area contributed by atoms with Gasteiger partial charge in [-0.1, -0.05) is 18.5 Å². The third kappa shape index (κ3) is 3.20. The Hall–Kier alpha value is -0.770. The lowest BCUT2D eigenvalue weighted by Crippen LogP contribution is -2.42. The van der Waals surface area contributed by atoms with Crippen LogP contribution < -0.4 is 4.74 Å². The van der Waals surface area contributed by atoms with E-state index in [0.29, 0.717) is 11.4 Å². The molecule has 0 radical (unpaired) electrons. The van der Waals surface area contributed by atoms with Crippen LogP contribution in [0.4, 0.5) is 0 Å². The van der Waals surface area contributed by atoms with Crippen LogP contribution in [0.1, 0.15) is 50.7 Å². The van der Waals surface area contributed by atoms with E-state index in [1.807, 2.05) is 18.2 Å². The third-order valence-corrected chi connectivity index (χ3v) is 4.99. The summed E-state index contributed by atoms with van der Waals surface area (Å²) in [6, 6.07) is 5.57. The number of hydrogen-bond acceptors (Lipinski definition) is 3. The van der Waals surface area contributed by atoms with E-state index in [1.165, 1.54) is 6.42 Å². The van der Waals surface area contributed by atoms with E-state index in [2.05, 4.69) is 11.8 Å². The molecule has 4 heteroatoms. The molecule has 3 rings (SSSR count). The molecule has 0 amide bonds. The van der Waals surface area contributed by atoms with Crippen LogP contribution in [0, 0.1) is 0 Å². The molecule has 2 heterocycles. The minimum Gasteiger partial charge on any atom is -0.487 e. The highest BCUT2D eigenvalue weighted by Crippen LogP contribution is 2.44. The molecule has 2 aliphatic rings. The summed E-state index contributed by atoms with van der Waals surface area (Å²) in [5.74, 6) is 0.807. The number of rotatable bonds is 2. The van der Waals surface area contributed by atoms with Gasteiger partial charge in [0.25, 0.3) is 0 Å². The van der Waals surface area contributed by atoms with Crippen molar-refractivity contribution < 1.29 is 9.84 Å². The number of nitrogens with zero attached hydrogens (tertiary/aromatic N) is 1. The molecule has 0 saturated carbocycles. The van der Waals surface area contributed by atoms with Crippen molar-refractivity contribution >= 4 is 11.6 Å². The smallest absolute Gasteiger partial charge is 0.126 e. The van der Waals surface area contributed by atoms with Crippen molar-refractivity contribution in [2.45, 2.75) is 50.7 Å². The zero-order valence-corrected chi connectivity index (χ0v) is 13.4. The average molecular weight is 310 g/mol. The van der Waals surface area contributed by atoms with Gasteiger partial charge in [0.15, 0.2) is 0 Å². The molecule has 1 aromatic carbocycles. The molecule has 21 heavy (non-hydrogen) atoms. The van der Waals surface area contributed by atoms with Gasteiger partial charge in [-0.3, -0.25) is 0 Å². The van der Waals surface area contributed by atoms with Crippen molar-refractivity contribution in [3.63, 3.8) is 0 Å². The molecule has 3 nitrogen and oxygen atoms in total. The standard InChI is InChI=1S/C17H24ClNO2/c1-2-8-19-9-3-6-17(7-10-19)12-15(20)14-11-13(18)4-5-16(14)21-17/h4-5,11,15,20H,2-3,6-10,12H2,1H3. The Bertz CT molecular complexity index is 508. The minimum absolute atomic E-state index is 0.206. The van der Waals surface area contributed by atoms with Crippen LogP contribution in [-0.2, 0) is 0 Å². The Morgan fingerprint density at radius 3 is 3.05 bits per heavy atom. The normalized spacial score (nSPS) is 29.8. The number of benzene rings is 1. The largest absolute Gasteiger partial charge is 0.487 e. The number of fused-ring (bicyclic) bond motifs is 1. The van der Waals surface area contributed by atoms with E-state index >= 15 is 0 Å². The SMILES string of the molecule is CCCN1CCCC2(CC1)CC(O)c1cc(Cl)ccc1O2. The van der Waals surface area contributed by atoms with E-state index in [0.717, 1.165) is 50.2 Å². The quantitative estimate of drug-likeness (QED) is 0.902. The Kier molecular flexibility index (Phi) is 4.43. The molecular weight excluding hydrogens is 286 g/mol. The highest BCUT2D eigenvalue weighted by atomic mass is 35.5. The summed E-state index contributed by atoms with van der Waals surface area (Å²) in [4.78, 5) is 2.52. The number of ether oxygens (including phenoxy) is 1. The number of hydrogen-bond donors (Lipinski definition) is 1. The first-order valence-electron chi connectivity index (χ1n) is 8.01. The number of halogens is 1. The lowest BCUT2D eigenvalue weighted by Gasteiger charge is -2.40. The summed E-state index contributed by atoms with van der Waals surface area (Å²) < 4.78 is 6.35. The van der Waals surface area contributed by atoms with E-state index in [9.17, 15) is 5.11 Å². The van der Waals surface area contributed by atoms with E-state index in [1.54, 1.807) is 0 Å². The Labute approximate surface area is 131 Å². The van der Waals surface area contributed by atoms with Crippen LogP contribution in [0.15, 0.2) is 18.2 Å². The number of aliphatic hydroxyl groups is 1. The summed E-state index contributed by atoms with van der Waals surface area (Å²) in [5.41, 5.74) is 0.630. The summed E-state index contributed by atoms with van der Waals surface area (Å²) in [6.07, 6.45) is 4.55. The van der Waals surface area contributed by atoms with Gasteiger partial charge in [-0.2, -0.15) is 0 Å². The van der Waals surface area contributed by atoms with Crippen molar-refractivity contribution in [2.75, 3.05) is 19.6 Å². The van der Waals surface area contributed by atoms with Gasteiger partial charge in [0.2, 0.25) is 0 Å². The fourth-order valence-corrected chi connectivity index (χ4v) is 3.86. The Morgan fingerprint density at radius 2 is 2.24 bits per heavy atom. The first-order valence-corrected chi connectivity index (χ1v) is 8.38. The third-order valence-electron chi connectivity index (χ3n) is 4.75. The molecule has 0 bridgehead atoms. The van der Waals surface area contributed by atoms with Crippen LogP contribution in [-0.4, -0.2) is 35.2 Å². The fourth-order valence-electron chi connectivity index (χ4n) is 3.68. The van der Waals surface area contributed by atoms with Gasteiger partial charge in [-0.25, -0.2) is 0 Å². The minimum atomic E-state index is -0.467. The Morgan fingerprint density at radius 1 is 1.38 bits per heavy atom. The molecule has 1 spiro atoms. The maximum Gasteiger partial charge on any atom is 0.126 e. The average Bonchev–Trinajstić information content (AvgIpc) is 2.64. The van der Waals surface area contributed by atoms with Crippen LogP contribution in [0.25, 0.3) is 0 Å². The van der Waals surface area contributed by atoms with Gasteiger partial charge in [0, 0.05) is 23.6 Å². The van der Waals surface area contributed by atoms with Crippen molar-refractivity contribution in [3.05, 3.63) is 28.8 Å². The summed E-state index contributed by atoms with van der Waals surface area (Å²) in [6.45, 7) is 5.58. The lowest BCUT2D eigenvalue weighted by atomic mass is 9.83. The monoisotopic (exact) mass is 309 g/mol. The second-order valence-corrected chi connectivity index (χ2v) is 6.82. The molecule has 1 N–H and O–H groups in total. The summed E-state index contributed by atoms with van der Waals surface area (Å²) >= 11 is 6.03. The summed E-state index contributed by atoms with van der Waals surface area (Å²) in [7, 11) is 0. The van der Waals surface area contributed by atoms with Crippen molar-refractivity contribution in [3.8, 4) is 5.75 Å². The lowest BCUT2D eigenvalue weighted by molar-refractivity contribution is -0.0238. The predicted octanol–water partition coefficient (Wildman–Crippen LogP) is 3.79. The topological polar surface area (TPSA) is 32.7 Å². The maximum atomic E-state index is 10.5. The fraction of sp³-hybridized carbons (Fsp3) is 0.647. The van der Waals surface area contributed by atoms with Crippen LogP contribution in [0.2, 0.25) is 5.02 Å². The van der Waals surface area contributed by atoms with Crippen LogP contribution in [0.3, 0.4) is 0 Å². The highest BCUT2D eigenvalue weighted by Gasteiger charge is 2.41. The molecule has 2 unspecified atom stereocenters. The molecule has 2 atom stereocenters. The summed E-state index contributed by atoms with van der Waals surface area (Å²) in [5, 5.41) is 11.2. The first-order chi connectivity index (χ1) is 10.1. The number of likely N-dealkylation sites (tertiary alicyclic amines) is 1. The molecule has 1 fully saturated rings. The predicted molar refractivity (Wildman–Crippen MR) is 85.0 cm³/mol. The second-order valence-electron chi connectivity index (χ2n) is 6.38. The van der Waals surface area contributed by atoms with Gasteiger partial charge >= 0.3 is 0 Å². The van der Waals surface area contributed by atoms with Crippen LogP contribution >= 0.6 is 11.6 Å². The van der Waals surface area contributed by atoms with Gasteiger partial charge in [-0.05, 0) is 57.0 Å². The molecular formula is C17H24ClNO2. The molecule has 116 valence electrons. The molecule has 0 aromatic heterocycles. The zero-order valence-electron chi connectivity index (χ0n) is 12.6. The van der Waals surface area contributed by atoms with Crippen molar-refractivity contribution in [1.29, 1.82) is 0 Å². The van der Waals surface area contributed by atoms with E-state index in [-0.39, 0.29) is 5.60 Å². The number of aliphatic hydroxyl groups excluding tert-OH is 1. The molecule has 1 saturated heterocycles. The highest BCUT2D eigenvalue weighted by molar-refractivity contribution is 6.30. The van der Waals surface area contributed by atoms with E-state index in [4.69, 9.17) is 16.3 Å². The second kappa shape index (κ2) is 6.15. The van der Waals surface area contributed by atoms with Gasteiger partial charge < -0.3 is 14.7 Å². The van der Waals surface area contributed by atoms with Crippen molar-refractivity contribution in [1.82, 2.24) is 4.90 Å². The van der Waals surface area contributed by atoms with Crippen LogP contribution in [0.5, 0.6) is 5.75 Å². The van der Waals surface area contributed by atoms with E-state index < -0.39 is 6.10 Å². The van der Waals surface area contributed by atoms with Gasteiger partial charge in [0.05, 0.1) is 6.10 Å². The Balaban J connectivity index is 1.79. The first kappa shape index (κ1) is 15.1. The molecule has 2 aliphatic heterocycles. The van der Waals surface area contributed by atoms with Gasteiger partial charge in [-0.15, -0.1) is 0 Å². The van der Waals surface area contributed by atoms with Gasteiger partial charge in [0.1, 0.15) is 11.4 Å².